The van der Waals surface area contributed by atoms with E-state index in [4.69, 9.17) is 17.3 Å². The first-order chi connectivity index (χ1) is 7.70. The zero-order valence-electron chi connectivity index (χ0n) is 9.04. The van der Waals surface area contributed by atoms with Crippen LogP contribution in [0.5, 0.6) is 0 Å². The summed E-state index contributed by atoms with van der Waals surface area (Å²) < 4.78 is 0. The average Bonchev–Trinajstić information content (AvgIpc) is 3.13. The molecule has 2 fully saturated rings. The molecule has 0 amide bonds. The molecule has 0 aromatic carbocycles. The molecule has 0 unspecified atom stereocenters. The molecule has 86 valence electrons. The zero-order valence-corrected chi connectivity index (χ0v) is 9.80. The normalized spacial score (nSPS) is 21.8. The summed E-state index contributed by atoms with van der Waals surface area (Å²) in [5.74, 6) is 1.86. The van der Waals surface area contributed by atoms with E-state index in [0.717, 1.165) is 12.5 Å². The Labute approximate surface area is 99.6 Å². The van der Waals surface area contributed by atoms with Crippen LogP contribution < -0.4 is 11.1 Å². The molecule has 1 aromatic rings. The fraction of sp³-hybridized carbons (Fsp3) is 0.636. The van der Waals surface area contributed by atoms with Gasteiger partial charge in [-0.05, 0) is 37.0 Å². The number of rotatable bonds is 4. The van der Waals surface area contributed by atoms with E-state index in [-0.39, 0.29) is 5.95 Å². The molecule has 0 aliphatic heterocycles. The molecule has 3 N–H and O–H groups in total. The summed E-state index contributed by atoms with van der Waals surface area (Å²) in [6.07, 6.45) is 7.00. The lowest BCUT2D eigenvalue weighted by Crippen LogP contribution is -2.18. The maximum absolute atomic E-state index is 6.00. The Bertz CT molecular complexity index is 412. The van der Waals surface area contributed by atoms with Crippen molar-refractivity contribution < 1.29 is 0 Å². The van der Waals surface area contributed by atoms with Crippen molar-refractivity contribution in [2.75, 3.05) is 17.6 Å². The number of nitrogens with two attached hydrogens (primary N) is 1. The maximum Gasteiger partial charge on any atom is 0.222 e. The first kappa shape index (κ1) is 10.1. The van der Waals surface area contributed by atoms with Crippen LogP contribution in [0.4, 0.5) is 11.8 Å². The topological polar surface area (TPSA) is 63.8 Å². The van der Waals surface area contributed by atoms with Crippen LogP contribution in [0, 0.1) is 11.3 Å². The lowest BCUT2D eigenvalue weighted by atomic mass is 10.0. The van der Waals surface area contributed by atoms with Gasteiger partial charge in [0.15, 0.2) is 0 Å². The number of nitrogens with zero attached hydrogens (tertiary/aromatic N) is 2. The Balaban J connectivity index is 1.67. The second-order valence-electron chi connectivity index (χ2n) is 4.91. The van der Waals surface area contributed by atoms with Gasteiger partial charge in [-0.3, -0.25) is 0 Å². The van der Waals surface area contributed by atoms with Gasteiger partial charge in [0.05, 0.1) is 6.20 Å². The molecule has 1 heterocycles. The minimum atomic E-state index is 0.267. The van der Waals surface area contributed by atoms with Crippen molar-refractivity contribution in [1.82, 2.24) is 9.97 Å². The van der Waals surface area contributed by atoms with E-state index in [2.05, 4.69) is 15.3 Å². The van der Waals surface area contributed by atoms with Crippen molar-refractivity contribution in [3.63, 3.8) is 0 Å². The molecule has 4 nitrogen and oxygen atoms in total. The van der Waals surface area contributed by atoms with Crippen LogP contribution in [-0.4, -0.2) is 16.5 Å². The van der Waals surface area contributed by atoms with Gasteiger partial charge in [-0.1, -0.05) is 11.6 Å². The number of hydrogen-bond donors (Lipinski definition) is 2. The number of halogens is 1. The summed E-state index contributed by atoms with van der Waals surface area (Å²) in [6, 6.07) is 0. The molecule has 2 aliphatic rings. The van der Waals surface area contributed by atoms with E-state index in [0.29, 0.717) is 16.3 Å². The molecule has 2 aliphatic carbocycles. The van der Waals surface area contributed by atoms with Crippen molar-refractivity contribution >= 4 is 23.4 Å². The van der Waals surface area contributed by atoms with Gasteiger partial charge >= 0.3 is 0 Å². The standard InChI is InChI=1S/C11H15ClN4/c12-8-5-14-10(13)16-9(8)15-6-11(3-4-11)7-1-2-7/h5,7H,1-4,6H2,(H3,13,14,15,16). The summed E-state index contributed by atoms with van der Waals surface area (Å²) in [5.41, 5.74) is 6.06. The van der Waals surface area contributed by atoms with Crippen molar-refractivity contribution in [2.45, 2.75) is 25.7 Å². The van der Waals surface area contributed by atoms with Gasteiger partial charge in [-0.25, -0.2) is 4.98 Å². The quantitative estimate of drug-likeness (QED) is 0.845. The van der Waals surface area contributed by atoms with Gasteiger partial charge in [0, 0.05) is 6.54 Å². The van der Waals surface area contributed by atoms with Gasteiger partial charge in [0.2, 0.25) is 5.95 Å². The third kappa shape index (κ3) is 1.82. The highest BCUT2D eigenvalue weighted by atomic mass is 35.5. The third-order valence-electron chi connectivity index (χ3n) is 3.71. The van der Waals surface area contributed by atoms with Crippen molar-refractivity contribution in [2.24, 2.45) is 11.3 Å². The average molecular weight is 239 g/mol. The molecule has 0 spiro atoms. The zero-order chi connectivity index (χ0) is 11.2. The van der Waals surface area contributed by atoms with E-state index in [1.54, 1.807) is 6.20 Å². The Morgan fingerprint density at radius 2 is 2.25 bits per heavy atom. The summed E-state index contributed by atoms with van der Waals surface area (Å²) in [6.45, 7) is 0.966. The second kappa shape index (κ2) is 3.48. The minimum Gasteiger partial charge on any atom is -0.368 e. The Kier molecular flexibility index (Phi) is 2.21. The van der Waals surface area contributed by atoms with Gasteiger partial charge in [0.25, 0.3) is 0 Å². The molecule has 0 atom stereocenters. The number of nitrogen functional groups attached to an aromatic ring is 1. The molecular weight excluding hydrogens is 224 g/mol. The lowest BCUT2D eigenvalue weighted by Gasteiger charge is -2.15. The summed E-state index contributed by atoms with van der Waals surface area (Å²) in [5, 5.41) is 3.86. The van der Waals surface area contributed by atoms with Gasteiger partial charge in [0.1, 0.15) is 10.8 Å². The molecule has 0 bridgehead atoms. The highest BCUT2D eigenvalue weighted by molar-refractivity contribution is 6.32. The van der Waals surface area contributed by atoms with E-state index in [1.165, 1.54) is 25.7 Å². The molecule has 2 saturated carbocycles. The van der Waals surface area contributed by atoms with Gasteiger partial charge < -0.3 is 11.1 Å². The monoisotopic (exact) mass is 238 g/mol. The number of nitrogens with one attached hydrogen (secondary N) is 1. The van der Waals surface area contributed by atoms with Crippen molar-refractivity contribution in [1.29, 1.82) is 0 Å². The predicted molar refractivity (Wildman–Crippen MR) is 64.3 cm³/mol. The fourth-order valence-electron chi connectivity index (χ4n) is 2.35. The summed E-state index contributed by atoms with van der Waals surface area (Å²) in [7, 11) is 0. The SMILES string of the molecule is Nc1ncc(Cl)c(NCC2(C3CC3)CC2)n1. The summed E-state index contributed by atoms with van der Waals surface area (Å²) in [4.78, 5) is 7.95. The smallest absolute Gasteiger partial charge is 0.222 e. The Morgan fingerprint density at radius 3 is 2.88 bits per heavy atom. The van der Waals surface area contributed by atoms with Crippen molar-refractivity contribution in [3.8, 4) is 0 Å². The van der Waals surface area contributed by atoms with Crippen LogP contribution in [0.25, 0.3) is 0 Å². The van der Waals surface area contributed by atoms with Gasteiger partial charge in [-0.15, -0.1) is 0 Å². The lowest BCUT2D eigenvalue weighted by molar-refractivity contribution is 0.466. The van der Waals surface area contributed by atoms with E-state index in [1.807, 2.05) is 0 Å². The highest BCUT2D eigenvalue weighted by Crippen LogP contribution is 2.61. The third-order valence-corrected chi connectivity index (χ3v) is 3.98. The van der Waals surface area contributed by atoms with Crippen LogP contribution in [0.15, 0.2) is 6.20 Å². The molecule has 0 radical (unpaired) electrons. The molecule has 16 heavy (non-hydrogen) atoms. The second-order valence-corrected chi connectivity index (χ2v) is 5.32. The maximum atomic E-state index is 6.00. The van der Waals surface area contributed by atoms with Crippen LogP contribution >= 0.6 is 11.6 Å². The minimum absolute atomic E-state index is 0.267. The number of anilines is 2. The van der Waals surface area contributed by atoms with Gasteiger partial charge in [-0.2, -0.15) is 4.98 Å². The first-order valence-corrected chi connectivity index (χ1v) is 6.09. The molecule has 1 aromatic heterocycles. The van der Waals surface area contributed by atoms with Crippen LogP contribution in [0.3, 0.4) is 0 Å². The molecular formula is C11H15ClN4. The predicted octanol–water partition coefficient (Wildman–Crippen LogP) is 2.31. The Hall–Kier alpha value is -1.03. The number of aromatic nitrogens is 2. The largest absolute Gasteiger partial charge is 0.368 e. The molecule has 0 saturated heterocycles. The van der Waals surface area contributed by atoms with E-state index in [9.17, 15) is 0 Å². The van der Waals surface area contributed by atoms with Crippen LogP contribution in [-0.2, 0) is 0 Å². The van der Waals surface area contributed by atoms with Crippen molar-refractivity contribution in [3.05, 3.63) is 11.2 Å². The van der Waals surface area contributed by atoms with Crippen LogP contribution in [0.1, 0.15) is 25.7 Å². The van der Waals surface area contributed by atoms with E-state index < -0.39 is 0 Å². The van der Waals surface area contributed by atoms with Crippen LogP contribution in [0.2, 0.25) is 5.02 Å². The summed E-state index contributed by atoms with van der Waals surface area (Å²) >= 11 is 6.00. The highest BCUT2D eigenvalue weighted by Gasteiger charge is 2.53. The Morgan fingerprint density at radius 1 is 1.50 bits per heavy atom. The molecule has 3 rings (SSSR count). The van der Waals surface area contributed by atoms with E-state index >= 15 is 0 Å². The number of hydrogen-bond acceptors (Lipinski definition) is 4. The first-order valence-electron chi connectivity index (χ1n) is 5.71. The fourth-order valence-corrected chi connectivity index (χ4v) is 2.51. The molecule has 5 heteroatoms.